The highest BCUT2D eigenvalue weighted by Gasteiger charge is 2.04. The van der Waals surface area contributed by atoms with Crippen LogP contribution in [0.3, 0.4) is 0 Å². The monoisotopic (exact) mass is 283 g/mol. The predicted molar refractivity (Wildman–Crippen MR) is 86.7 cm³/mol. The molecule has 0 fully saturated rings. The van der Waals surface area contributed by atoms with Crippen LogP contribution in [0.4, 0.5) is 0 Å². The zero-order chi connectivity index (χ0) is 14.9. The van der Waals surface area contributed by atoms with Gasteiger partial charge in [0.05, 0.1) is 7.11 Å². The van der Waals surface area contributed by atoms with Gasteiger partial charge in [0.15, 0.2) is 0 Å². The molecule has 110 valence electrons. The molecule has 3 nitrogen and oxygen atoms in total. The molecule has 0 aliphatic carbocycles. The van der Waals surface area contributed by atoms with Crippen LogP contribution in [0.15, 0.2) is 54.6 Å². The van der Waals surface area contributed by atoms with Crippen LogP contribution in [0.25, 0.3) is 6.08 Å². The van der Waals surface area contributed by atoms with Crippen molar-refractivity contribution in [1.82, 2.24) is 0 Å². The van der Waals surface area contributed by atoms with E-state index in [1.165, 1.54) is 0 Å². The Balaban J connectivity index is 1.99. The van der Waals surface area contributed by atoms with Crippen LogP contribution in [0.1, 0.15) is 11.1 Å². The fourth-order valence-electron chi connectivity index (χ4n) is 2.04. The summed E-state index contributed by atoms with van der Waals surface area (Å²) < 4.78 is 11.1. The third kappa shape index (κ3) is 4.65. The first kappa shape index (κ1) is 15.1. The fourth-order valence-corrected chi connectivity index (χ4v) is 2.04. The van der Waals surface area contributed by atoms with Crippen molar-refractivity contribution in [2.24, 2.45) is 5.73 Å². The van der Waals surface area contributed by atoms with Gasteiger partial charge in [0.1, 0.15) is 18.1 Å². The number of nitrogens with two attached hydrogens (primary N) is 1. The molecule has 2 N–H and O–H groups in total. The lowest BCUT2D eigenvalue weighted by atomic mass is 10.1. The van der Waals surface area contributed by atoms with Crippen molar-refractivity contribution in [3.8, 4) is 11.5 Å². The van der Waals surface area contributed by atoms with Gasteiger partial charge in [-0.15, -0.1) is 0 Å². The number of ether oxygens (including phenoxy) is 2. The number of benzene rings is 2. The van der Waals surface area contributed by atoms with Crippen LogP contribution in [0, 0.1) is 0 Å². The normalized spacial score (nSPS) is 10.8. The molecule has 0 spiro atoms. The maximum atomic E-state index is 5.83. The topological polar surface area (TPSA) is 44.5 Å². The van der Waals surface area contributed by atoms with Crippen LogP contribution in [-0.2, 0) is 6.42 Å². The zero-order valence-electron chi connectivity index (χ0n) is 12.3. The highest BCUT2D eigenvalue weighted by Crippen LogP contribution is 2.25. The summed E-state index contributed by atoms with van der Waals surface area (Å²) in [6.45, 7) is 1.11. The molecule has 0 saturated carbocycles. The fraction of sp³-hybridized carbons (Fsp3) is 0.222. The smallest absolute Gasteiger partial charge is 0.126 e. The van der Waals surface area contributed by atoms with Crippen molar-refractivity contribution >= 4 is 6.08 Å². The molecule has 0 unspecified atom stereocenters. The second-order valence-corrected chi connectivity index (χ2v) is 4.64. The van der Waals surface area contributed by atoms with E-state index >= 15 is 0 Å². The van der Waals surface area contributed by atoms with E-state index in [0.717, 1.165) is 29.0 Å². The molecule has 0 aliphatic heterocycles. The van der Waals surface area contributed by atoms with Gasteiger partial charge in [0.2, 0.25) is 0 Å². The summed E-state index contributed by atoms with van der Waals surface area (Å²) in [7, 11) is 1.65. The van der Waals surface area contributed by atoms with E-state index < -0.39 is 0 Å². The summed E-state index contributed by atoms with van der Waals surface area (Å²) in [5.41, 5.74) is 7.89. The lowest BCUT2D eigenvalue weighted by molar-refractivity contribution is 0.353. The highest BCUT2D eigenvalue weighted by atomic mass is 16.5. The minimum Gasteiger partial charge on any atom is -0.497 e. The van der Waals surface area contributed by atoms with Crippen molar-refractivity contribution in [2.45, 2.75) is 6.42 Å². The van der Waals surface area contributed by atoms with E-state index in [9.17, 15) is 0 Å². The quantitative estimate of drug-likeness (QED) is 0.848. The molecule has 2 aromatic carbocycles. The molecule has 21 heavy (non-hydrogen) atoms. The Morgan fingerprint density at radius 3 is 2.62 bits per heavy atom. The van der Waals surface area contributed by atoms with Crippen molar-refractivity contribution in [3.63, 3.8) is 0 Å². The lowest BCUT2D eigenvalue weighted by Crippen LogP contribution is -2.05. The second kappa shape index (κ2) is 8.12. The summed E-state index contributed by atoms with van der Waals surface area (Å²) in [6.07, 6.45) is 4.84. The van der Waals surface area contributed by atoms with Gasteiger partial charge in [-0.3, -0.25) is 0 Å². The molecule has 0 atom stereocenters. The first-order valence-electron chi connectivity index (χ1n) is 7.05. The van der Waals surface area contributed by atoms with Gasteiger partial charge in [-0.2, -0.15) is 0 Å². The molecule has 0 bridgehead atoms. The molecule has 0 aromatic heterocycles. The van der Waals surface area contributed by atoms with Crippen LogP contribution in [-0.4, -0.2) is 20.3 Å². The number of hydrogen-bond donors (Lipinski definition) is 1. The molecule has 0 heterocycles. The third-order valence-corrected chi connectivity index (χ3v) is 3.13. The Bertz CT molecular complexity index is 579. The Labute approximate surface area is 126 Å². The van der Waals surface area contributed by atoms with Gasteiger partial charge in [-0.1, -0.05) is 42.5 Å². The SMILES string of the molecule is COc1ccc(CCN)c(OC/C=C/c2ccccc2)c1. The molecule has 0 saturated heterocycles. The van der Waals surface area contributed by atoms with Crippen molar-refractivity contribution in [1.29, 1.82) is 0 Å². The van der Waals surface area contributed by atoms with E-state index in [-0.39, 0.29) is 0 Å². The third-order valence-electron chi connectivity index (χ3n) is 3.13. The Morgan fingerprint density at radius 1 is 1.10 bits per heavy atom. The molecule has 2 aromatic rings. The number of methoxy groups -OCH3 is 1. The Morgan fingerprint density at radius 2 is 1.90 bits per heavy atom. The van der Waals surface area contributed by atoms with Gasteiger partial charge < -0.3 is 15.2 Å². The minimum absolute atomic E-state index is 0.514. The van der Waals surface area contributed by atoms with Crippen LogP contribution >= 0.6 is 0 Å². The zero-order valence-corrected chi connectivity index (χ0v) is 12.3. The first-order chi connectivity index (χ1) is 10.3. The first-order valence-corrected chi connectivity index (χ1v) is 7.05. The summed E-state index contributed by atoms with van der Waals surface area (Å²) in [5.74, 6) is 1.62. The van der Waals surface area contributed by atoms with E-state index in [4.69, 9.17) is 15.2 Å². The van der Waals surface area contributed by atoms with E-state index in [1.54, 1.807) is 7.11 Å². The largest absolute Gasteiger partial charge is 0.497 e. The average molecular weight is 283 g/mol. The van der Waals surface area contributed by atoms with Crippen molar-refractivity contribution in [2.75, 3.05) is 20.3 Å². The van der Waals surface area contributed by atoms with Gasteiger partial charge >= 0.3 is 0 Å². The lowest BCUT2D eigenvalue weighted by Gasteiger charge is -2.11. The molecular weight excluding hydrogens is 262 g/mol. The van der Waals surface area contributed by atoms with E-state index in [1.807, 2.05) is 48.6 Å². The molecule has 2 rings (SSSR count). The molecule has 0 aliphatic rings. The summed E-state index contributed by atoms with van der Waals surface area (Å²) in [5, 5.41) is 0. The van der Waals surface area contributed by atoms with Crippen LogP contribution in [0.5, 0.6) is 11.5 Å². The Kier molecular flexibility index (Phi) is 5.85. The Hall–Kier alpha value is -2.26. The van der Waals surface area contributed by atoms with Crippen molar-refractivity contribution in [3.05, 3.63) is 65.7 Å². The second-order valence-electron chi connectivity index (χ2n) is 4.64. The maximum absolute atomic E-state index is 5.83. The van der Waals surface area contributed by atoms with E-state index in [2.05, 4.69) is 12.1 Å². The predicted octanol–water partition coefficient (Wildman–Crippen LogP) is 3.29. The number of hydrogen-bond acceptors (Lipinski definition) is 3. The van der Waals surface area contributed by atoms with Gasteiger partial charge in [0, 0.05) is 6.07 Å². The van der Waals surface area contributed by atoms with E-state index in [0.29, 0.717) is 13.2 Å². The minimum atomic E-state index is 0.514. The number of rotatable bonds is 7. The maximum Gasteiger partial charge on any atom is 0.126 e. The van der Waals surface area contributed by atoms with Crippen LogP contribution in [0.2, 0.25) is 0 Å². The van der Waals surface area contributed by atoms with Crippen molar-refractivity contribution < 1.29 is 9.47 Å². The summed E-state index contributed by atoms with van der Waals surface area (Å²) >= 11 is 0. The summed E-state index contributed by atoms with van der Waals surface area (Å²) in [6, 6.07) is 16.0. The van der Waals surface area contributed by atoms with Gasteiger partial charge in [-0.05, 0) is 36.2 Å². The average Bonchev–Trinajstić information content (AvgIpc) is 2.54. The van der Waals surface area contributed by atoms with Gasteiger partial charge in [-0.25, -0.2) is 0 Å². The standard InChI is InChI=1S/C18H21NO2/c1-20-17-10-9-16(11-12-19)18(14-17)21-13-5-8-15-6-3-2-4-7-15/h2-10,14H,11-13,19H2,1H3/b8-5+. The summed E-state index contributed by atoms with van der Waals surface area (Å²) in [4.78, 5) is 0. The molecular formula is C18H21NO2. The van der Waals surface area contributed by atoms with Gasteiger partial charge in [0.25, 0.3) is 0 Å². The molecule has 0 amide bonds. The van der Waals surface area contributed by atoms with Crippen LogP contribution < -0.4 is 15.2 Å². The highest BCUT2D eigenvalue weighted by molar-refractivity contribution is 5.49. The molecule has 0 radical (unpaired) electrons. The molecule has 3 heteroatoms.